The smallest absolute Gasteiger partial charge is 0.0159 e. The van der Waals surface area contributed by atoms with Crippen molar-refractivity contribution < 1.29 is 0 Å². The van der Waals surface area contributed by atoms with Crippen LogP contribution >= 0.6 is 0 Å². The predicted octanol–water partition coefficient (Wildman–Crippen LogP) is 6.96. The van der Waals surface area contributed by atoms with Gasteiger partial charge >= 0.3 is 0 Å². The summed E-state index contributed by atoms with van der Waals surface area (Å²) in [6, 6.07) is 24.8. The molecule has 0 unspecified atom stereocenters. The van der Waals surface area contributed by atoms with E-state index < -0.39 is 0 Å². The van der Waals surface area contributed by atoms with Crippen LogP contribution in [0.4, 0.5) is 0 Å². The molecule has 0 aromatic heterocycles. The zero-order valence-corrected chi connectivity index (χ0v) is 15.9. The monoisotopic (exact) mass is 326 g/mol. The molecule has 0 amide bonds. The lowest BCUT2D eigenvalue weighted by Crippen LogP contribution is -2.14. The lowest BCUT2D eigenvalue weighted by molar-refractivity contribution is 0.590. The van der Waals surface area contributed by atoms with Gasteiger partial charge in [0.2, 0.25) is 0 Å². The first-order valence-corrected chi connectivity index (χ1v) is 9.14. The van der Waals surface area contributed by atoms with Crippen molar-refractivity contribution in [3.05, 3.63) is 83.4 Å². The molecule has 0 bridgehead atoms. The molecule has 126 valence electrons. The van der Waals surface area contributed by atoms with E-state index in [9.17, 15) is 0 Å². The molecule has 4 rings (SSSR count). The Balaban J connectivity index is 1.92. The molecule has 3 aromatic rings. The lowest BCUT2D eigenvalue weighted by atomic mass is 9.82. The van der Waals surface area contributed by atoms with Gasteiger partial charge in [0.15, 0.2) is 0 Å². The van der Waals surface area contributed by atoms with E-state index in [0.29, 0.717) is 0 Å². The topological polar surface area (TPSA) is 0 Å². The van der Waals surface area contributed by atoms with E-state index in [2.05, 4.69) is 101 Å². The third kappa shape index (κ3) is 2.43. The maximum atomic E-state index is 2.34. The Labute approximate surface area is 151 Å². The molecule has 0 saturated carbocycles. The van der Waals surface area contributed by atoms with Crippen LogP contribution in [0, 0.1) is 0 Å². The number of hydrogen-bond donors (Lipinski definition) is 0. The van der Waals surface area contributed by atoms with E-state index in [1.165, 1.54) is 38.9 Å². The molecule has 0 saturated heterocycles. The van der Waals surface area contributed by atoms with Gasteiger partial charge in [-0.05, 0) is 44.4 Å². The normalized spacial score (nSPS) is 14.9. The van der Waals surface area contributed by atoms with Gasteiger partial charge in [-0.1, -0.05) is 101 Å². The van der Waals surface area contributed by atoms with Gasteiger partial charge in [-0.15, -0.1) is 0 Å². The van der Waals surface area contributed by atoms with E-state index in [1.807, 2.05) is 0 Å². The number of fused-ring (bicyclic) bond motifs is 3. The summed E-state index contributed by atoms with van der Waals surface area (Å²) >= 11 is 0. The van der Waals surface area contributed by atoms with Crippen LogP contribution in [0.1, 0.15) is 51.3 Å². The third-order valence-electron chi connectivity index (χ3n) is 5.67. The number of benzene rings is 3. The first kappa shape index (κ1) is 16.1. The second-order valence-corrected chi connectivity index (χ2v) is 8.73. The summed E-state index contributed by atoms with van der Waals surface area (Å²) in [4.78, 5) is 0. The number of rotatable bonds is 1. The van der Waals surface area contributed by atoms with E-state index >= 15 is 0 Å². The molecule has 1 aliphatic rings. The molecule has 0 spiro atoms. The van der Waals surface area contributed by atoms with E-state index in [0.717, 1.165) is 0 Å². The molecule has 0 fully saturated rings. The minimum Gasteiger partial charge on any atom is -0.0619 e. The Morgan fingerprint density at radius 2 is 1.24 bits per heavy atom. The van der Waals surface area contributed by atoms with Gasteiger partial charge in [-0.2, -0.15) is 0 Å². The van der Waals surface area contributed by atoms with Crippen molar-refractivity contribution in [3.8, 4) is 22.3 Å². The van der Waals surface area contributed by atoms with E-state index in [1.54, 1.807) is 0 Å². The van der Waals surface area contributed by atoms with Crippen molar-refractivity contribution in [2.45, 2.75) is 45.4 Å². The Morgan fingerprint density at radius 3 is 1.92 bits per heavy atom. The zero-order chi connectivity index (χ0) is 17.8. The highest BCUT2D eigenvalue weighted by atomic mass is 14.4. The Hall–Kier alpha value is -2.34. The van der Waals surface area contributed by atoms with Crippen molar-refractivity contribution in [2.24, 2.45) is 0 Å². The summed E-state index contributed by atoms with van der Waals surface area (Å²) in [6.45, 7) is 11.5. The fraction of sp³-hybridized carbons (Fsp3) is 0.280. The summed E-state index contributed by atoms with van der Waals surface area (Å²) in [6.07, 6.45) is 0. The van der Waals surface area contributed by atoms with Crippen LogP contribution in [0.15, 0.2) is 66.7 Å². The quantitative estimate of drug-likeness (QED) is 0.453. The second kappa shape index (κ2) is 5.33. The molecule has 0 atom stereocenters. The third-order valence-corrected chi connectivity index (χ3v) is 5.67. The Kier molecular flexibility index (Phi) is 3.44. The molecule has 0 heterocycles. The van der Waals surface area contributed by atoms with Gasteiger partial charge in [0.05, 0.1) is 0 Å². The van der Waals surface area contributed by atoms with Crippen molar-refractivity contribution in [1.82, 2.24) is 0 Å². The standard InChI is InChI=1S/C25H26/c1-24(2,3)18-15-13-17(14-16-18)19-10-8-12-22-23(19)20-9-6-7-11-21(20)25(22,4)5/h6-16H,1-5H3. The average molecular weight is 326 g/mol. The van der Waals surface area contributed by atoms with Gasteiger partial charge in [0, 0.05) is 5.41 Å². The summed E-state index contributed by atoms with van der Waals surface area (Å²) in [5.74, 6) is 0. The highest BCUT2D eigenvalue weighted by molar-refractivity contribution is 5.92. The summed E-state index contributed by atoms with van der Waals surface area (Å²) < 4.78 is 0. The largest absolute Gasteiger partial charge is 0.0619 e. The maximum absolute atomic E-state index is 2.34. The molecule has 0 heteroatoms. The van der Waals surface area contributed by atoms with Crippen LogP contribution in [0.25, 0.3) is 22.3 Å². The molecule has 3 aromatic carbocycles. The van der Waals surface area contributed by atoms with Crippen LogP contribution in [-0.4, -0.2) is 0 Å². The van der Waals surface area contributed by atoms with Crippen LogP contribution in [0.5, 0.6) is 0 Å². The molecule has 0 aliphatic heterocycles. The van der Waals surface area contributed by atoms with Crippen LogP contribution in [0.3, 0.4) is 0 Å². The molecular weight excluding hydrogens is 300 g/mol. The minimum atomic E-state index is 0.0628. The molecule has 0 nitrogen and oxygen atoms in total. The second-order valence-electron chi connectivity index (χ2n) is 8.73. The van der Waals surface area contributed by atoms with E-state index in [4.69, 9.17) is 0 Å². The van der Waals surface area contributed by atoms with Crippen molar-refractivity contribution in [2.75, 3.05) is 0 Å². The van der Waals surface area contributed by atoms with Gasteiger partial charge < -0.3 is 0 Å². The molecule has 0 radical (unpaired) electrons. The van der Waals surface area contributed by atoms with Gasteiger partial charge in [0.25, 0.3) is 0 Å². The lowest BCUT2D eigenvalue weighted by Gasteiger charge is -2.22. The van der Waals surface area contributed by atoms with Crippen LogP contribution < -0.4 is 0 Å². The van der Waals surface area contributed by atoms with Gasteiger partial charge in [-0.3, -0.25) is 0 Å². The highest BCUT2D eigenvalue weighted by Crippen LogP contribution is 2.51. The Morgan fingerprint density at radius 1 is 0.640 bits per heavy atom. The SMILES string of the molecule is CC(C)(C)c1ccc(-c2cccc3c2-c2ccccc2C3(C)C)cc1. The summed E-state index contributed by atoms with van der Waals surface area (Å²) in [5.41, 5.74) is 9.94. The highest BCUT2D eigenvalue weighted by Gasteiger charge is 2.36. The first-order valence-electron chi connectivity index (χ1n) is 9.14. The summed E-state index contributed by atoms with van der Waals surface area (Å²) in [7, 11) is 0. The molecule has 0 N–H and O–H groups in total. The first-order chi connectivity index (χ1) is 11.8. The fourth-order valence-corrected chi connectivity index (χ4v) is 4.14. The van der Waals surface area contributed by atoms with Crippen LogP contribution in [-0.2, 0) is 10.8 Å². The maximum Gasteiger partial charge on any atom is 0.0159 e. The molecule has 25 heavy (non-hydrogen) atoms. The van der Waals surface area contributed by atoms with Gasteiger partial charge in [0.1, 0.15) is 0 Å². The van der Waals surface area contributed by atoms with Gasteiger partial charge in [-0.25, -0.2) is 0 Å². The minimum absolute atomic E-state index is 0.0628. The number of hydrogen-bond acceptors (Lipinski definition) is 0. The average Bonchev–Trinajstić information content (AvgIpc) is 2.83. The van der Waals surface area contributed by atoms with Crippen molar-refractivity contribution >= 4 is 0 Å². The predicted molar refractivity (Wildman–Crippen MR) is 108 cm³/mol. The molecule has 1 aliphatic carbocycles. The van der Waals surface area contributed by atoms with Crippen molar-refractivity contribution in [1.29, 1.82) is 0 Å². The zero-order valence-electron chi connectivity index (χ0n) is 15.9. The molecular formula is C25H26. The Bertz CT molecular complexity index is 935. The van der Waals surface area contributed by atoms with Crippen molar-refractivity contribution in [3.63, 3.8) is 0 Å². The van der Waals surface area contributed by atoms with E-state index in [-0.39, 0.29) is 10.8 Å². The van der Waals surface area contributed by atoms with Crippen LogP contribution in [0.2, 0.25) is 0 Å². The summed E-state index contributed by atoms with van der Waals surface area (Å²) in [5, 5.41) is 0. The fourth-order valence-electron chi connectivity index (χ4n) is 4.14.